The molecule has 0 heterocycles. The van der Waals surface area contributed by atoms with E-state index in [1.807, 2.05) is 0 Å². The fraction of sp³-hybridized carbons (Fsp3) is 0. The van der Waals surface area contributed by atoms with E-state index in [1.54, 1.807) is 0 Å². The van der Waals surface area contributed by atoms with Crippen LogP contribution in [0, 0.1) is 0 Å². The van der Waals surface area contributed by atoms with Gasteiger partial charge in [0.2, 0.25) is 0 Å². The molecular weight excluding hydrogens is 161 g/mol. The lowest BCUT2D eigenvalue weighted by Crippen LogP contribution is -1.87. The number of hydrogen-bond donors (Lipinski definition) is 0. The van der Waals surface area contributed by atoms with Crippen molar-refractivity contribution in [2.75, 3.05) is 0 Å². The summed E-state index contributed by atoms with van der Waals surface area (Å²) < 4.78 is 12.0. The Balaban J connectivity index is 3.00. The number of azide groups is 1. The molecule has 0 aliphatic heterocycles. The Labute approximate surface area is 67.3 Å². The van der Waals surface area contributed by atoms with E-state index in [1.165, 1.54) is 24.3 Å². The average Bonchev–Trinajstić information content (AvgIpc) is 2.06. The van der Waals surface area contributed by atoms with Crippen molar-refractivity contribution >= 4 is 11.7 Å². The molecule has 0 fully saturated rings. The summed E-state index contributed by atoms with van der Waals surface area (Å²) >= 11 is 0. The SMILES string of the molecule is [N-]=[N+]=Nc1ccc(C(=O)F)cc1. The largest absolute Gasteiger partial charge is 0.332 e. The fourth-order valence-corrected chi connectivity index (χ4v) is 0.711. The lowest BCUT2D eigenvalue weighted by atomic mass is 10.2. The third-order valence-corrected chi connectivity index (χ3v) is 1.25. The second-order valence-corrected chi connectivity index (χ2v) is 2.01. The molecule has 0 spiro atoms. The highest BCUT2D eigenvalue weighted by Gasteiger charge is 2.00. The van der Waals surface area contributed by atoms with E-state index in [9.17, 15) is 9.18 Å². The molecule has 0 saturated heterocycles. The van der Waals surface area contributed by atoms with Crippen LogP contribution < -0.4 is 0 Å². The molecule has 0 N–H and O–H groups in total. The Kier molecular flexibility index (Phi) is 2.40. The second-order valence-electron chi connectivity index (χ2n) is 2.01. The van der Waals surface area contributed by atoms with Crippen LogP contribution in [0.5, 0.6) is 0 Å². The standard InChI is InChI=1S/C7H4FN3O/c8-7(12)5-1-3-6(4-2-5)10-11-9/h1-4H. The van der Waals surface area contributed by atoms with E-state index >= 15 is 0 Å². The van der Waals surface area contributed by atoms with Crippen LogP contribution in [0.1, 0.15) is 10.4 Å². The zero-order valence-electron chi connectivity index (χ0n) is 5.94. The Bertz CT molecular complexity index is 319. The van der Waals surface area contributed by atoms with E-state index in [4.69, 9.17) is 5.53 Å². The van der Waals surface area contributed by atoms with Crippen LogP contribution in [-0.2, 0) is 0 Å². The summed E-state index contributed by atoms with van der Waals surface area (Å²) in [5.74, 6) is 0. The highest BCUT2D eigenvalue weighted by molar-refractivity contribution is 5.88. The van der Waals surface area contributed by atoms with Gasteiger partial charge in [-0.15, -0.1) is 0 Å². The first-order valence-electron chi connectivity index (χ1n) is 3.09. The first-order valence-corrected chi connectivity index (χ1v) is 3.09. The van der Waals surface area contributed by atoms with Crippen LogP contribution >= 0.6 is 0 Å². The molecule has 1 aromatic rings. The van der Waals surface area contributed by atoms with Crippen LogP contribution in [0.15, 0.2) is 29.4 Å². The molecule has 1 rings (SSSR count). The quantitative estimate of drug-likeness (QED) is 0.287. The number of halogens is 1. The first kappa shape index (κ1) is 8.23. The van der Waals surface area contributed by atoms with Gasteiger partial charge in [-0.3, -0.25) is 4.79 Å². The molecule has 60 valence electrons. The van der Waals surface area contributed by atoms with Crippen LogP contribution in [0.2, 0.25) is 0 Å². The van der Waals surface area contributed by atoms with Crippen molar-refractivity contribution in [3.05, 3.63) is 40.3 Å². The van der Waals surface area contributed by atoms with Gasteiger partial charge in [-0.25, -0.2) is 0 Å². The molecule has 0 radical (unpaired) electrons. The zero-order valence-corrected chi connectivity index (χ0v) is 5.94. The number of rotatable bonds is 2. The summed E-state index contributed by atoms with van der Waals surface area (Å²) in [6, 6.07) is 3.75. The van der Waals surface area contributed by atoms with Crippen molar-refractivity contribution in [1.82, 2.24) is 0 Å². The number of benzene rings is 1. The van der Waals surface area contributed by atoms with Gasteiger partial charge in [0.1, 0.15) is 0 Å². The molecule has 0 aromatic heterocycles. The summed E-state index contributed by atoms with van der Waals surface area (Å²) in [4.78, 5) is 12.7. The Morgan fingerprint density at radius 3 is 2.42 bits per heavy atom. The Morgan fingerprint density at radius 1 is 1.42 bits per heavy atom. The molecule has 0 atom stereocenters. The molecule has 0 aliphatic rings. The number of carbonyl (C=O) groups is 1. The summed E-state index contributed by atoms with van der Waals surface area (Å²) in [6.07, 6.45) is 0. The van der Waals surface area contributed by atoms with Crippen molar-refractivity contribution in [2.45, 2.75) is 0 Å². The number of carbonyl (C=O) groups excluding carboxylic acids is 1. The van der Waals surface area contributed by atoms with Crippen molar-refractivity contribution in [2.24, 2.45) is 5.11 Å². The molecular formula is C7H4FN3O. The van der Waals surface area contributed by atoms with E-state index < -0.39 is 6.04 Å². The van der Waals surface area contributed by atoms with Gasteiger partial charge in [-0.1, -0.05) is 17.2 Å². The van der Waals surface area contributed by atoms with E-state index in [2.05, 4.69) is 10.0 Å². The highest BCUT2D eigenvalue weighted by atomic mass is 19.1. The van der Waals surface area contributed by atoms with Gasteiger partial charge in [0.05, 0.1) is 5.56 Å². The van der Waals surface area contributed by atoms with Crippen LogP contribution in [0.3, 0.4) is 0 Å². The van der Waals surface area contributed by atoms with E-state index in [0.717, 1.165) is 0 Å². The monoisotopic (exact) mass is 165 g/mol. The van der Waals surface area contributed by atoms with Gasteiger partial charge in [0, 0.05) is 10.6 Å². The molecule has 4 nitrogen and oxygen atoms in total. The summed E-state index contributed by atoms with van der Waals surface area (Å²) in [7, 11) is 0. The third-order valence-electron chi connectivity index (χ3n) is 1.25. The summed E-state index contributed by atoms with van der Waals surface area (Å²) in [6.45, 7) is 0. The minimum atomic E-state index is -1.50. The van der Waals surface area contributed by atoms with Gasteiger partial charge in [-0.2, -0.15) is 4.39 Å². The first-order chi connectivity index (χ1) is 5.74. The van der Waals surface area contributed by atoms with Crippen molar-refractivity contribution in [1.29, 1.82) is 0 Å². The Hall–Kier alpha value is -1.87. The Morgan fingerprint density at radius 2 is 2.00 bits per heavy atom. The maximum absolute atomic E-state index is 12.0. The highest BCUT2D eigenvalue weighted by Crippen LogP contribution is 2.13. The summed E-state index contributed by atoms with van der Waals surface area (Å²) in [5.41, 5.74) is 8.32. The van der Waals surface area contributed by atoms with Crippen molar-refractivity contribution < 1.29 is 9.18 Å². The molecule has 0 amide bonds. The summed E-state index contributed by atoms with van der Waals surface area (Å²) in [5, 5.41) is 3.25. The predicted octanol–water partition coefficient (Wildman–Crippen LogP) is 2.74. The predicted molar refractivity (Wildman–Crippen MR) is 40.7 cm³/mol. The number of hydrogen-bond acceptors (Lipinski definition) is 2. The fourth-order valence-electron chi connectivity index (χ4n) is 0.711. The van der Waals surface area contributed by atoms with Gasteiger partial charge in [0.25, 0.3) is 0 Å². The molecule has 0 unspecified atom stereocenters. The minimum Gasteiger partial charge on any atom is -0.255 e. The zero-order chi connectivity index (χ0) is 8.97. The molecule has 5 heteroatoms. The van der Waals surface area contributed by atoms with Gasteiger partial charge in [0.15, 0.2) is 0 Å². The van der Waals surface area contributed by atoms with E-state index in [-0.39, 0.29) is 5.56 Å². The second kappa shape index (κ2) is 3.50. The topological polar surface area (TPSA) is 65.8 Å². The van der Waals surface area contributed by atoms with Crippen molar-refractivity contribution in [3.8, 4) is 0 Å². The normalized spacial score (nSPS) is 8.75. The lowest BCUT2D eigenvalue weighted by Gasteiger charge is -1.91. The maximum Gasteiger partial charge on any atom is 0.332 e. The third kappa shape index (κ3) is 1.81. The molecule has 0 saturated carbocycles. The smallest absolute Gasteiger partial charge is 0.255 e. The van der Waals surface area contributed by atoms with Crippen LogP contribution in [0.4, 0.5) is 10.1 Å². The number of nitrogens with zero attached hydrogens (tertiary/aromatic N) is 3. The average molecular weight is 165 g/mol. The molecule has 0 bridgehead atoms. The molecule has 12 heavy (non-hydrogen) atoms. The lowest BCUT2D eigenvalue weighted by molar-refractivity contribution is 0.0836. The van der Waals surface area contributed by atoms with Crippen LogP contribution in [0.25, 0.3) is 10.4 Å². The van der Waals surface area contributed by atoms with Gasteiger partial charge in [-0.05, 0) is 17.7 Å². The van der Waals surface area contributed by atoms with Gasteiger partial charge < -0.3 is 0 Å². The van der Waals surface area contributed by atoms with Crippen molar-refractivity contribution in [3.63, 3.8) is 0 Å². The van der Waals surface area contributed by atoms with Gasteiger partial charge >= 0.3 is 6.04 Å². The van der Waals surface area contributed by atoms with E-state index in [0.29, 0.717) is 5.69 Å². The minimum absolute atomic E-state index is 0.0492. The molecule has 1 aromatic carbocycles. The molecule has 0 aliphatic carbocycles. The maximum atomic E-state index is 12.0. The van der Waals surface area contributed by atoms with Crippen LogP contribution in [-0.4, -0.2) is 6.04 Å².